The molecule has 0 spiro atoms. The number of Topliss-reactive ketones (excluding diaryl/α,β-unsaturated/α-hetero) is 1. The Bertz CT molecular complexity index is 832. The molecule has 2 aliphatic rings. The van der Waals surface area contributed by atoms with E-state index in [1.807, 2.05) is 27.7 Å². The average Bonchev–Trinajstić information content (AvgIpc) is 2.96. The van der Waals surface area contributed by atoms with E-state index in [9.17, 15) is 9.59 Å². The molecule has 2 aliphatic heterocycles. The fourth-order valence-electron chi connectivity index (χ4n) is 2.50. The highest BCUT2D eigenvalue weighted by Crippen LogP contribution is 2.42. The van der Waals surface area contributed by atoms with Gasteiger partial charge in [0.05, 0.1) is 5.70 Å². The number of thioether (sulfide) groups is 2. The number of hydrogen-bond acceptors (Lipinski definition) is 7. The molecule has 10 heteroatoms. The van der Waals surface area contributed by atoms with Crippen LogP contribution in [0.1, 0.15) is 25.8 Å². The molecule has 1 fully saturated rings. The van der Waals surface area contributed by atoms with Crippen molar-refractivity contribution in [1.29, 1.82) is 0 Å². The summed E-state index contributed by atoms with van der Waals surface area (Å²) in [6, 6.07) is 0. The van der Waals surface area contributed by atoms with E-state index in [2.05, 4.69) is 15.0 Å². The van der Waals surface area contributed by atoms with Gasteiger partial charge in [-0.1, -0.05) is 43.9 Å². The second kappa shape index (κ2) is 6.68. The number of hydrogen-bond donors (Lipinski definition) is 0. The van der Waals surface area contributed by atoms with Crippen molar-refractivity contribution in [2.24, 2.45) is 5.41 Å². The van der Waals surface area contributed by atoms with Crippen LogP contribution in [0.15, 0.2) is 15.6 Å². The second-order valence-electron chi connectivity index (χ2n) is 6.73. The zero-order valence-electron chi connectivity index (χ0n) is 14.3. The maximum absolute atomic E-state index is 13.0. The van der Waals surface area contributed by atoms with Crippen LogP contribution in [-0.4, -0.2) is 54.2 Å². The van der Waals surface area contributed by atoms with E-state index >= 15 is 0 Å². The Balaban J connectivity index is 1.93. The number of ketones is 1. The SMILES string of the molecule is Cc1nnc(SCC2=C(C(=O)C(C)(C)C)N3C(=O)C(=[N+]=[N-])C3SC2)s1. The Kier molecular flexibility index (Phi) is 4.89. The fraction of sp³-hybridized carbons (Fsp3) is 0.533. The zero-order chi connectivity index (χ0) is 18.4. The smallest absolute Gasteiger partial charge is 0.361 e. The predicted molar refractivity (Wildman–Crippen MR) is 98.6 cm³/mol. The van der Waals surface area contributed by atoms with Gasteiger partial charge < -0.3 is 5.53 Å². The summed E-state index contributed by atoms with van der Waals surface area (Å²) in [5.41, 5.74) is 9.86. The highest BCUT2D eigenvalue weighted by molar-refractivity contribution is 8.02. The van der Waals surface area contributed by atoms with E-state index in [1.54, 1.807) is 0 Å². The van der Waals surface area contributed by atoms with Gasteiger partial charge in [0.1, 0.15) is 5.01 Å². The third kappa shape index (κ3) is 3.31. The van der Waals surface area contributed by atoms with Gasteiger partial charge in [0, 0.05) is 16.9 Å². The third-order valence-electron chi connectivity index (χ3n) is 3.78. The lowest BCUT2D eigenvalue weighted by molar-refractivity contribution is -0.138. The summed E-state index contributed by atoms with van der Waals surface area (Å²) in [4.78, 5) is 29.8. The van der Waals surface area contributed by atoms with Crippen molar-refractivity contribution in [3.05, 3.63) is 21.8 Å². The first-order valence-electron chi connectivity index (χ1n) is 7.61. The van der Waals surface area contributed by atoms with Gasteiger partial charge in [-0.05, 0) is 12.5 Å². The van der Waals surface area contributed by atoms with Crippen LogP contribution in [0.25, 0.3) is 5.53 Å². The van der Waals surface area contributed by atoms with Crippen LogP contribution in [0, 0.1) is 12.3 Å². The predicted octanol–water partition coefficient (Wildman–Crippen LogP) is 2.39. The molecule has 0 bridgehead atoms. The molecular formula is C15H17N5O2S3. The Labute approximate surface area is 157 Å². The molecule has 0 aliphatic carbocycles. The van der Waals surface area contributed by atoms with E-state index in [4.69, 9.17) is 5.53 Å². The van der Waals surface area contributed by atoms with Gasteiger partial charge in [-0.3, -0.25) is 14.5 Å². The number of carbonyl (C=O) groups is 2. The molecule has 1 aromatic heterocycles. The first-order valence-corrected chi connectivity index (χ1v) is 10.5. The summed E-state index contributed by atoms with van der Waals surface area (Å²) >= 11 is 4.51. The largest absolute Gasteiger partial charge is 0.389 e. The molecule has 25 heavy (non-hydrogen) atoms. The van der Waals surface area contributed by atoms with Crippen molar-refractivity contribution in [2.45, 2.75) is 37.4 Å². The highest BCUT2D eigenvalue weighted by Gasteiger charge is 2.57. The molecule has 1 aromatic rings. The van der Waals surface area contributed by atoms with Gasteiger partial charge in [0.15, 0.2) is 15.5 Å². The summed E-state index contributed by atoms with van der Waals surface area (Å²) in [6.07, 6.45) is 0. The maximum Gasteiger partial charge on any atom is 0.389 e. The van der Waals surface area contributed by atoms with E-state index in [0.29, 0.717) is 17.2 Å². The normalized spacial score (nSPS) is 20.3. The van der Waals surface area contributed by atoms with Crippen LogP contribution in [0.3, 0.4) is 0 Å². The molecule has 1 atom stereocenters. The molecule has 0 saturated carbocycles. The van der Waals surface area contributed by atoms with Gasteiger partial charge in [-0.2, -0.15) is 4.79 Å². The monoisotopic (exact) mass is 395 g/mol. The fourth-order valence-corrected chi connectivity index (χ4v) is 5.70. The third-order valence-corrected chi connectivity index (χ3v) is 7.10. The molecule has 1 saturated heterocycles. The lowest BCUT2D eigenvalue weighted by Crippen LogP contribution is -2.63. The number of carbonyl (C=O) groups excluding carboxylic acids is 2. The topological polar surface area (TPSA) is 99.6 Å². The minimum Gasteiger partial charge on any atom is -0.361 e. The minimum absolute atomic E-state index is 0.0767. The summed E-state index contributed by atoms with van der Waals surface area (Å²) in [5, 5.41) is 8.60. The summed E-state index contributed by atoms with van der Waals surface area (Å²) in [5.74, 6) is 0.699. The standard InChI is InChI=1S/C15H17N5O2S3/c1-7-18-19-14(25-7)24-6-8-5-23-13-9(17-16)12(22)20(13)10(8)11(21)15(2,3)4/h13H,5-6H2,1-4H3. The number of fused-ring (bicyclic) bond motifs is 1. The van der Waals surface area contributed by atoms with Gasteiger partial charge in [-0.15, -0.1) is 22.0 Å². The Hall–Kier alpha value is -1.48. The quantitative estimate of drug-likeness (QED) is 0.336. The number of aromatic nitrogens is 2. The van der Waals surface area contributed by atoms with Crippen LogP contribution >= 0.6 is 34.9 Å². The summed E-state index contributed by atoms with van der Waals surface area (Å²) in [6.45, 7) is 7.40. The van der Waals surface area contributed by atoms with Gasteiger partial charge in [0.2, 0.25) is 0 Å². The molecule has 1 unspecified atom stereocenters. The minimum atomic E-state index is -0.608. The lowest BCUT2D eigenvalue weighted by Gasteiger charge is -2.42. The highest BCUT2D eigenvalue weighted by atomic mass is 32.2. The van der Waals surface area contributed by atoms with Crippen LogP contribution in [0.2, 0.25) is 0 Å². The van der Waals surface area contributed by atoms with Crippen molar-refractivity contribution in [3.8, 4) is 0 Å². The molecule has 7 nitrogen and oxygen atoms in total. The zero-order valence-corrected chi connectivity index (χ0v) is 16.7. The van der Waals surface area contributed by atoms with Crippen LogP contribution in [0.5, 0.6) is 0 Å². The van der Waals surface area contributed by atoms with E-state index in [1.165, 1.54) is 39.8 Å². The summed E-state index contributed by atoms with van der Waals surface area (Å²) in [7, 11) is 0. The Morgan fingerprint density at radius 2 is 2.16 bits per heavy atom. The van der Waals surface area contributed by atoms with Crippen molar-refractivity contribution >= 4 is 52.3 Å². The van der Waals surface area contributed by atoms with Crippen LogP contribution in [-0.2, 0) is 9.59 Å². The van der Waals surface area contributed by atoms with Crippen LogP contribution in [0.4, 0.5) is 0 Å². The lowest BCUT2D eigenvalue weighted by atomic mass is 9.86. The van der Waals surface area contributed by atoms with Crippen molar-refractivity contribution in [3.63, 3.8) is 0 Å². The first kappa shape index (κ1) is 18.3. The maximum atomic E-state index is 13.0. The van der Waals surface area contributed by atoms with Crippen molar-refractivity contribution in [2.75, 3.05) is 11.5 Å². The van der Waals surface area contributed by atoms with Gasteiger partial charge in [0.25, 0.3) is 0 Å². The van der Waals surface area contributed by atoms with Crippen molar-refractivity contribution < 1.29 is 14.4 Å². The molecule has 3 rings (SSSR count). The molecule has 0 radical (unpaired) electrons. The van der Waals surface area contributed by atoms with Gasteiger partial charge in [-0.25, -0.2) is 0 Å². The van der Waals surface area contributed by atoms with Crippen molar-refractivity contribution in [1.82, 2.24) is 15.1 Å². The van der Waals surface area contributed by atoms with Gasteiger partial charge >= 0.3 is 11.6 Å². The molecule has 1 amide bonds. The number of nitrogens with zero attached hydrogens (tertiary/aromatic N) is 5. The molecule has 3 heterocycles. The Morgan fingerprint density at radius 3 is 2.72 bits per heavy atom. The number of β-lactam (4-membered cyclic amide) rings is 1. The Morgan fingerprint density at radius 1 is 1.44 bits per heavy atom. The number of aryl methyl sites for hydroxylation is 1. The molecular weight excluding hydrogens is 378 g/mol. The van der Waals surface area contributed by atoms with Crippen LogP contribution < -0.4 is 0 Å². The molecule has 132 valence electrons. The molecule has 0 N–H and O–H groups in total. The summed E-state index contributed by atoms with van der Waals surface area (Å²) < 4.78 is 0.840. The average molecular weight is 396 g/mol. The number of amides is 1. The van der Waals surface area contributed by atoms with E-state index < -0.39 is 11.3 Å². The first-order chi connectivity index (χ1) is 11.7. The number of rotatable bonds is 4. The van der Waals surface area contributed by atoms with E-state index in [-0.39, 0.29) is 16.9 Å². The van der Waals surface area contributed by atoms with E-state index in [0.717, 1.165) is 14.9 Å². The molecule has 0 aromatic carbocycles. The second-order valence-corrected chi connectivity index (χ2v) is 10.2. The number of allylic oxidation sites excluding steroid dienone is 1.